The zero-order valence-electron chi connectivity index (χ0n) is 9.60. The van der Waals surface area contributed by atoms with Crippen LogP contribution in [0.25, 0.3) is 0 Å². The van der Waals surface area contributed by atoms with Gasteiger partial charge in [0.05, 0.1) is 6.42 Å². The van der Waals surface area contributed by atoms with Gasteiger partial charge in [-0.15, -0.1) is 10.1 Å². The molecule has 84 valence electrons. The third-order valence-corrected chi connectivity index (χ3v) is 2.56. The van der Waals surface area contributed by atoms with Crippen molar-refractivity contribution in [2.45, 2.75) is 6.42 Å². The summed E-state index contributed by atoms with van der Waals surface area (Å²) < 4.78 is 1.83. The fraction of sp³-hybridized carbons (Fsp3) is 0.333. The van der Waals surface area contributed by atoms with Gasteiger partial charge in [-0.2, -0.15) is 0 Å². The monoisotopic (exact) mass is 218 g/mol. The first-order valence-corrected chi connectivity index (χ1v) is 5.33. The van der Waals surface area contributed by atoms with Crippen LogP contribution in [0.5, 0.6) is 0 Å². The molecule has 0 spiro atoms. The van der Waals surface area contributed by atoms with Gasteiger partial charge in [-0.05, 0) is 24.3 Å². The normalized spacial score (nSPS) is 17.6. The molecule has 1 aromatic carbocycles. The standard InChI is InChI=1S/C12H15N3O/c1-14(2)11-5-3-10(4-6-11)9-15-8-7-12(16)13-15/h3-6,9H,7-8H2,1-2H3/p+1. The molecule has 0 radical (unpaired) electrons. The maximum Gasteiger partial charge on any atom is 0.280 e. The second kappa shape index (κ2) is 4.35. The number of carbonyl (C=O) groups is 1. The molecule has 0 unspecified atom stereocenters. The van der Waals surface area contributed by atoms with Gasteiger partial charge in [0.2, 0.25) is 6.21 Å². The van der Waals surface area contributed by atoms with Crippen molar-refractivity contribution in [3.63, 3.8) is 0 Å². The van der Waals surface area contributed by atoms with E-state index in [-0.39, 0.29) is 5.91 Å². The highest BCUT2D eigenvalue weighted by Gasteiger charge is 2.20. The number of rotatable bonds is 2. The molecule has 4 heteroatoms. The minimum atomic E-state index is 0.0844. The summed E-state index contributed by atoms with van der Waals surface area (Å²) >= 11 is 0. The van der Waals surface area contributed by atoms with Crippen molar-refractivity contribution in [3.05, 3.63) is 29.8 Å². The topological polar surface area (TPSA) is 35.4 Å². The fourth-order valence-electron chi connectivity index (χ4n) is 1.63. The smallest absolute Gasteiger partial charge is 0.280 e. The Kier molecular flexibility index (Phi) is 2.90. The Bertz CT molecular complexity index is 420. The van der Waals surface area contributed by atoms with E-state index >= 15 is 0 Å². The lowest BCUT2D eigenvalue weighted by Crippen LogP contribution is -2.25. The SMILES string of the molecule is CN(C)c1ccc(/C=[N+]2\CCC(=O)N2)cc1. The third kappa shape index (κ3) is 2.39. The number of hydrogen-bond donors (Lipinski definition) is 1. The summed E-state index contributed by atoms with van der Waals surface area (Å²) in [5.74, 6) is 0.0844. The van der Waals surface area contributed by atoms with E-state index in [1.54, 1.807) is 0 Å². The second-order valence-corrected chi connectivity index (χ2v) is 4.09. The third-order valence-electron chi connectivity index (χ3n) is 2.56. The Labute approximate surface area is 95.2 Å². The van der Waals surface area contributed by atoms with Crippen molar-refractivity contribution in [1.29, 1.82) is 0 Å². The van der Waals surface area contributed by atoms with Crippen molar-refractivity contribution < 1.29 is 9.48 Å². The van der Waals surface area contributed by atoms with Gasteiger partial charge in [-0.25, -0.2) is 0 Å². The summed E-state index contributed by atoms with van der Waals surface area (Å²) in [5.41, 5.74) is 5.03. The van der Waals surface area contributed by atoms with E-state index < -0.39 is 0 Å². The number of hydrazine groups is 1. The van der Waals surface area contributed by atoms with Gasteiger partial charge in [0.15, 0.2) is 6.54 Å². The molecule has 0 aromatic heterocycles. The highest BCUT2D eigenvalue weighted by molar-refractivity contribution is 5.80. The van der Waals surface area contributed by atoms with E-state index in [9.17, 15) is 4.79 Å². The molecule has 1 heterocycles. The molecular formula is C12H16N3O+. The van der Waals surface area contributed by atoms with E-state index in [1.165, 1.54) is 5.69 Å². The van der Waals surface area contributed by atoms with Crippen LogP contribution in [-0.2, 0) is 4.79 Å². The highest BCUT2D eigenvalue weighted by atomic mass is 16.2. The van der Waals surface area contributed by atoms with E-state index in [1.807, 2.05) is 37.1 Å². The quantitative estimate of drug-likeness (QED) is 0.739. The highest BCUT2D eigenvalue weighted by Crippen LogP contribution is 2.10. The zero-order chi connectivity index (χ0) is 11.5. The number of nitrogens with zero attached hydrogens (tertiary/aromatic N) is 2. The van der Waals surface area contributed by atoms with Gasteiger partial charge in [0.1, 0.15) is 0 Å². The summed E-state index contributed by atoms with van der Waals surface area (Å²) in [7, 11) is 4.03. The van der Waals surface area contributed by atoms with Crippen molar-refractivity contribution >= 4 is 17.8 Å². The van der Waals surface area contributed by atoms with Crippen LogP contribution >= 0.6 is 0 Å². The molecule has 1 amide bonds. The lowest BCUT2D eigenvalue weighted by atomic mass is 10.2. The van der Waals surface area contributed by atoms with Crippen LogP contribution in [0.1, 0.15) is 12.0 Å². The van der Waals surface area contributed by atoms with Crippen LogP contribution in [0.4, 0.5) is 5.69 Å². The average Bonchev–Trinajstić information content (AvgIpc) is 2.65. The van der Waals surface area contributed by atoms with Crippen molar-refractivity contribution in [3.8, 4) is 0 Å². The van der Waals surface area contributed by atoms with Gasteiger partial charge in [-0.1, -0.05) is 0 Å². The molecule has 16 heavy (non-hydrogen) atoms. The summed E-state index contributed by atoms with van der Waals surface area (Å²) in [6, 6.07) is 8.20. The number of anilines is 1. The predicted octanol–water partition coefficient (Wildman–Crippen LogP) is 0.619. The number of hydrogen-bond acceptors (Lipinski definition) is 2. The summed E-state index contributed by atoms with van der Waals surface area (Å²) in [5, 5.41) is 0. The molecule has 1 aliphatic heterocycles. The Balaban J connectivity index is 2.13. The molecule has 0 aliphatic carbocycles. The number of benzene rings is 1. The first-order chi connectivity index (χ1) is 7.65. The Morgan fingerprint density at radius 2 is 2.00 bits per heavy atom. The zero-order valence-corrected chi connectivity index (χ0v) is 9.60. The van der Waals surface area contributed by atoms with Crippen molar-refractivity contribution in [1.82, 2.24) is 5.43 Å². The Morgan fingerprint density at radius 3 is 2.50 bits per heavy atom. The molecule has 2 rings (SSSR count). The molecule has 0 saturated carbocycles. The second-order valence-electron chi connectivity index (χ2n) is 4.09. The van der Waals surface area contributed by atoms with Gasteiger partial charge >= 0.3 is 0 Å². The van der Waals surface area contributed by atoms with Crippen molar-refractivity contribution in [2.75, 3.05) is 25.5 Å². The van der Waals surface area contributed by atoms with Crippen LogP contribution in [-0.4, -0.2) is 37.4 Å². The summed E-state index contributed by atoms with van der Waals surface area (Å²) in [6.45, 7) is 0.744. The van der Waals surface area contributed by atoms with E-state index in [0.717, 1.165) is 12.1 Å². The lowest BCUT2D eigenvalue weighted by Gasteiger charge is -2.11. The van der Waals surface area contributed by atoms with Crippen LogP contribution in [0.2, 0.25) is 0 Å². The molecule has 4 nitrogen and oxygen atoms in total. The van der Waals surface area contributed by atoms with Crippen LogP contribution < -0.4 is 10.3 Å². The number of hydrazone groups is 1. The molecule has 0 atom stereocenters. The number of amides is 1. The van der Waals surface area contributed by atoms with Gasteiger partial charge in [-0.3, -0.25) is 4.79 Å². The fourth-order valence-corrected chi connectivity index (χ4v) is 1.63. The van der Waals surface area contributed by atoms with Crippen LogP contribution in [0.15, 0.2) is 24.3 Å². The minimum absolute atomic E-state index is 0.0844. The summed E-state index contributed by atoms with van der Waals surface area (Å²) in [6.07, 6.45) is 2.52. The maximum atomic E-state index is 11.0. The van der Waals surface area contributed by atoms with E-state index in [0.29, 0.717) is 6.42 Å². The van der Waals surface area contributed by atoms with Crippen LogP contribution in [0, 0.1) is 0 Å². The Hall–Kier alpha value is -1.84. The summed E-state index contributed by atoms with van der Waals surface area (Å²) in [4.78, 5) is 13.1. The van der Waals surface area contributed by atoms with E-state index in [2.05, 4.69) is 22.5 Å². The first kappa shape index (κ1) is 10.7. The maximum absolute atomic E-state index is 11.0. The molecule has 1 N–H and O–H groups in total. The molecule has 1 fully saturated rings. The van der Waals surface area contributed by atoms with Gasteiger partial charge < -0.3 is 4.90 Å². The van der Waals surface area contributed by atoms with E-state index in [4.69, 9.17) is 0 Å². The molecular weight excluding hydrogens is 202 g/mol. The van der Waals surface area contributed by atoms with Crippen LogP contribution in [0.3, 0.4) is 0 Å². The van der Waals surface area contributed by atoms with Gasteiger partial charge in [0.25, 0.3) is 5.91 Å². The first-order valence-electron chi connectivity index (χ1n) is 5.33. The Morgan fingerprint density at radius 1 is 1.31 bits per heavy atom. The lowest BCUT2D eigenvalue weighted by molar-refractivity contribution is -0.553. The molecule has 1 saturated heterocycles. The average molecular weight is 218 g/mol. The minimum Gasteiger partial charge on any atom is -0.378 e. The molecule has 0 bridgehead atoms. The number of nitrogens with one attached hydrogen (secondary N) is 1. The largest absolute Gasteiger partial charge is 0.378 e. The van der Waals surface area contributed by atoms with Gasteiger partial charge in [0, 0.05) is 25.3 Å². The van der Waals surface area contributed by atoms with Crippen molar-refractivity contribution in [2.24, 2.45) is 0 Å². The molecule has 1 aliphatic rings. The predicted molar refractivity (Wildman–Crippen MR) is 63.8 cm³/mol. The number of carbonyl (C=O) groups excluding carboxylic acids is 1. The molecule has 1 aromatic rings.